The molecule has 0 fully saturated rings. The van der Waals surface area contributed by atoms with Crippen LogP contribution in [0.3, 0.4) is 0 Å². The van der Waals surface area contributed by atoms with E-state index in [-0.39, 0.29) is 27.7 Å². The van der Waals surface area contributed by atoms with Crippen LogP contribution in [0.1, 0.15) is 10.4 Å². The van der Waals surface area contributed by atoms with Crippen molar-refractivity contribution >= 4 is 27.6 Å². The molecule has 134 valence electrons. The molecule has 0 aliphatic rings. The summed E-state index contributed by atoms with van der Waals surface area (Å²) in [7, 11) is 0.681. The molecule has 0 aliphatic carbocycles. The van der Waals surface area contributed by atoms with Gasteiger partial charge in [-0.3, -0.25) is 4.79 Å². The van der Waals surface area contributed by atoms with E-state index in [2.05, 4.69) is 4.98 Å². The van der Waals surface area contributed by atoms with Gasteiger partial charge in [-0.25, -0.2) is 22.1 Å². The second kappa shape index (κ2) is 7.94. The third-order valence-corrected chi connectivity index (χ3v) is 6.06. The van der Waals surface area contributed by atoms with Gasteiger partial charge in [0.1, 0.15) is 4.90 Å². The fourth-order valence-electron chi connectivity index (χ4n) is 1.88. The van der Waals surface area contributed by atoms with Crippen LogP contribution in [0, 0.1) is 5.82 Å². The topological polar surface area (TPSA) is 76.6 Å². The second-order valence-corrected chi connectivity index (χ2v) is 8.33. The van der Waals surface area contributed by atoms with Crippen LogP contribution >= 0.6 is 11.8 Å². The Balaban J connectivity index is 2.04. The van der Waals surface area contributed by atoms with Gasteiger partial charge in [-0.15, -0.1) is 0 Å². The first-order valence-electron chi connectivity index (χ1n) is 7.14. The number of methoxy groups -OCH3 is 1. The largest absolute Gasteiger partial charge is 0.494 e. The van der Waals surface area contributed by atoms with Gasteiger partial charge in [-0.1, -0.05) is 11.8 Å². The van der Waals surface area contributed by atoms with Crippen molar-refractivity contribution in [2.24, 2.45) is 0 Å². The van der Waals surface area contributed by atoms with Crippen LogP contribution in [0.5, 0.6) is 5.75 Å². The fourth-order valence-corrected chi connectivity index (χ4v) is 3.46. The fraction of sp³-hybridized carbons (Fsp3) is 0.250. The number of benzene rings is 1. The van der Waals surface area contributed by atoms with Gasteiger partial charge < -0.3 is 4.74 Å². The minimum absolute atomic E-state index is 0.0541. The number of rotatable bonds is 7. The summed E-state index contributed by atoms with van der Waals surface area (Å²) in [4.78, 5) is 16.2. The number of hydrogen-bond donors (Lipinski definition) is 0. The first-order chi connectivity index (χ1) is 11.8. The van der Waals surface area contributed by atoms with Crippen LogP contribution in [0.25, 0.3) is 0 Å². The number of hydrogen-bond acceptors (Lipinski definition) is 6. The van der Waals surface area contributed by atoms with Gasteiger partial charge in [0, 0.05) is 25.9 Å². The van der Waals surface area contributed by atoms with E-state index in [1.165, 1.54) is 51.7 Å². The number of thioether (sulfide) groups is 1. The zero-order valence-corrected chi connectivity index (χ0v) is 15.5. The van der Waals surface area contributed by atoms with Crippen LogP contribution in [-0.4, -0.2) is 50.4 Å². The zero-order valence-electron chi connectivity index (χ0n) is 13.9. The molecular formula is C16H17FN2O4S2. The van der Waals surface area contributed by atoms with E-state index in [9.17, 15) is 17.6 Å². The Bertz CT molecular complexity index is 868. The molecule has 0 atom stereocenters. The van der Waals surface area contributed by atoms with Crippen molar-refractivity contribution in [3.05, 3.63) is 47.9 Å². The standard InChI is InChI=1S/C16H17FN2O4S2/c1-19(2)25(21,22)12-5-7-16(18-9-12)24-10-14(20)11-4-6-15(23-3)13(17)8-11/h4-9H,10H2,1-3H3. The van der Waals surface area contributed by atoms with Crippen molar-refractivity contribution < 1.29 is 22.3 Å². The third kappa shape index (κ3) is 4.56. The van der Waals surface area contributed by atoms with E-state index >= 15 is 0 Å². The molecule has 0 spiro atoms. The molecular weight excluding hydrogens is 367 g/mol. The van der Waals surface area contributed by atoms with Crippen molar-refractivity contribution in [1.82, 2.24) is 9.29 Å². The molecule has 9 heteroatoms. The smallest absolute Gasteiger partial charge is 0.244 e. The summed E-state index contributed by atoms with van der Waals surface area (Å²) in [5.74, 6) is -0.741. The molecule has 0 unspecified atom stereocenters. The average Bonchev–Trinajstić information content (AvgIpc) is 2.59. The number of Topliss-reactive ketones (excluding diaryl/α,β-unsaturated/α-hetero) is 1. The first kappa shape index (κ1) is 19.4. The Morgan fingerprint density at radius 1 is 1.28 bits per heavy atom. The zero-order chi connectivity index (χ0) is 18.6. The molecule has 0 amide bonds. The molecule has 0 saturated carbocycles. The Hall–Kier alpha value is -1.97. The molecule has 1 aromatic carbocycles. The lowest BCUT2D eigenvalue weighted by Gasteiger charge is -2.11. The lowest BCUT2D eigenvalue weighted by molar-refractivity contribution is 0.102. The highest BCUT2D eigenvalue weighted by molar-refractivity contribution is 7.99. The minimum Gasteiger partial charge on any atom is -0.494 e. The molecule has 25 heavy (non-hydrogen) atoms. The summed E-state index contributed by atoms with van der Waals surface area (Å²) in [5, 5.41) is 0.500. The van der Waals surface area contributed by atoms with E-state index < -0.39 is 15.8 Å². The number of ketones is 1. The number of halogens is 1. The van der Waals surface area contributed by atoms with Gasteiger partial charge in [-0.05, 0) is 30.3 Å². The van der Waals surface area contributed by atoms with Crippen LogP contribution in [-0.2, 0) is 10.0 Å². The number of pyridine rings is 1. The average molecular weight is 384 g/mol. The van der Waals surface area contributed by atoms with Gasteiger partial charge in [-0.2, -0.15) is 0 Å². The molecule has 1 aromatic heterocycles. The molecule has 1 heterocycles. The van der Waals surface area contributed by atoms with Crippen molar-refractivity contribution in [3.63, 3.8) is 0 Å². The third-order valence-electron chi connectivity index (χ3n) is 3.31. The summed E-state index contributed by atoms with van der Waals surface area (Å²) in [6.07, 6.45) is 1.25. The van der Waals surface area contributed by atoms with Crippen LogP contribution in [0.2, 0.25) is 0 Å². The number of sulfonamides is 1. The molecule has 2 aromatic rings. The summed E-state index contributed by atoms with van der Waals surface area (Å²) < 4.78 is 43.5. The molecule has 6 nitrogen and oxygen atoms in total. The molecule has 0 saturated heterocycles. The predicted molar refractivity (Wildman–Crippen MR) is 93.1 cm³/mol. The number of aromatic nitrogens is 1. The molecule has 0 aliphatic heterocycles. The lowest BCUT2D eigenvalue weighted by atomic mass is 10.1. The summed E-state index contributed by atoms with van der Waals surface area (Å²) in [6, 6.07) is 6.98. The SMILES string of the molecule is COc1ccc(C(=O)CSc2ccc(S(=O)(=O)N(C)C)cn2)cc1F. The van der Waals surface area contributed by atoms with Crippen LogP contribution in [0.4, 0.5) is 4.39 Å². The van der Waals surface area contributed by atoms with Crippen molar-refractivity contribution in [1.29, 1.82) is 0 Å². The van der Waals surface area contributed by atoms with Crippen molar-refractivity contribution in [3.8, 4) is 5.75 Å². The first-order valence-corrected chi connectivity index (χ1v) is 9.56. The molecule has 2 rings (SSSR count). The number of nitrogens with zero attached hydrogens (tertiary/aromatic N) is 2. The van der Waals surface area contributed by atoms with Crippen molar-refractivity contribution in [2.75, 3.05) is 27.0 Å². The van der Waals surface area contributed by atoms with Gasteiger partial charge in [0.25, 0.3) is 0 Å². The maximum absolute atomic E-state index is 13.6. The van der Waals surface area contributed by atoms with Gasteiger partial charge in [0.2, 0.25) is 10.0 Å². The maximum Gasteiger partial charge on any atom is 0.244 e. The van der Waals surface area contributed by atoms with Crippen LogP contribution < -0.4 is 4.74 Å². The Morgan fingerprint density at radius 3 is 2.52 bits per heavy atom. The van der Waals surface area contributed by atoms with Crippen LogP contribution in [0.15, 0.2) is 46.5 Å². The summed E-state index contributed by atoms with van der Waals surface area (Å²) >= 11 is 1.14. The van der Waals surface area contributed by atoms with E-state index in [0.29, 0.717) is 5.03 Å². The quantitative estimate of drug-likeness (QED) is 0.539. The summed E-state index contributed by atoms with van der Waals surface area (Å²) in [5.41, 5.74) is 0.234. The Labute approximate surface area is 150 Å². The lowest BCUT2D eigenvalue weighted by Crippen LogP contribution is -2.22. The van der Waals surface area contributed by atoms with Gasteiger partial charge in [0.05, 0.1) is 17.9 Å². The maximum atomic E-state index is 13.6. The monoisotopic (exact) mass is 384 g/mol. The summed E-state index contributed by atoms with van der Waals surface area (Å²) in [6.45, 7) is 0. The highest BCUT2D eigenvalue weighted by Crippen LogP contribution is 2.22. The highest BCUT2D eigenvalue weighted by atomic mass is 32.2. The number of carbonyl (C=O) groups excluding carboxylic acids is 1. The Kier molecular flexibility index (Phi) is 6.15. The minimum atomic E-state index is -3.54. The molecule has 0 radical (unpaired) electrons. The number of carbonyl (C=O) groups is 1. The van der Waals surface area contributed by atoms with E-state index in [4.69, 9.17) is 4.74 Å². The number of ether oxygens (including phenoxy) is 1. The van der Waals surface area contributed by atoms with Crippen molar-refractivity contribution in [2.45, 2.75) is 9.92 Å². The van der Waals surface area contributed by atoms with E-state index in [1.54, 1.807) is 0 Å². The molecule has 0 N–H and O–H groups in total. The van der Waals surface area contributed by atoms with E-state index in [0.717, 1.165) is 22.1 Å². The van der Waals surface area contributed by atoms with Gasteiger partial charge in [0.15, 0.2) is 17.3 Å². The Morgan fingerprint density at radius 2 is 2.00 bits per heavy atom. The van der Waals surface area contributed by atoms with Gasteiger partial charge >= 0.3 is 0 Å². The highest BCUT2D eigenvalue weighted by Gasteiger charge is 2.17. The van der Waals surface area contributed by atoms with E-state index in [1.807, 2.05) is 0 Å². The second-order valence-electron chi connectivity index (χ2n) is 5.18. The molecule has 0 bridgehead atoms. The predicted octanol–water partition coefficient (Wildman–Crippen LogP) is 2.45. The normalized spacial score (nSPS) is 11.6.